The van der Waals surface area contributed by atoms with Gasteiger partial charge >= 0.3 is 0 Å². The number of ether oxygens (including phenoxy) is 1. The summed E-state index contributed by atoms with van der Waals surface area (Å²) in [6.07, 6.45) is 1.73. The predicted octanol–water partition coefficient (Wildman–Crippen LogP) is 3.74. The highest BCUT2D eigenvalue weighted by Gasteiger charge is 2.12. The molecule has 0 amide bonds. The number of methoxy groups -OCH3 is 1. The molecule has 132 valence electrons. The first-order chi connectivity index (χ1) is 12.2. The van der Waals surface area contributed by atoms with E-state index in [2.05, 4.69) is 17.3 Å². The molecule has 3 aromatic rings. The first-order valence-electron chi connectivity index (χ1n) is 8.27. The van der Waals surface area contributed by atoms with Crippen molar-refractivity contribution in [1.82, 2.24) is 14.5 Å². The second-order valence-electron chi connectivity index (χ2n) is 5.59. The molecule has 0 spiro atoms. The maximum Gasteiger partial charge on any atom is 0.262 e. The number of benzene rings is 1. The Hall–Kier alpha value is -1.70. The van der Waals surface area contributed by atoms with E-state index in [4.69, 9.17) is 9.72 Å². The molecule has 7 heteroatoms. The molecule has 2 aromatic heterocycles. The Balaban J connectivity index is 1.90. The van der Waals surface area contributed by atoms with Gasteiger partial charge in [0.05, 0.1) is 21.6 Å². The van der Waals surface area contributed by atoms with E-state index in [1.54, 1.807) is 34.8 Å². The number of para-hydroxylation sites is 1. The van der Waals surface area contributed by atoms with Crippen molar-refractivity contribution >= 4 is 34.0 Å². The molecule has 0 fully saturated rings. The van der Waals surface area contributed by atoms with Crippen molar-refractivity contribution in [2.75, 3.05) is 13.7 Å². The summed E-state index contributed by atoms with van der Waals surface area (Å²) in [6, 6.07) is 7.50. The third-order valence-corrected chi connectivity index (χ3v) is 5.86. The maximum absolute atomic E-state index is 12.9. The van der Waals surface area contributed by atoms with E-state index in [0.29, 0.717) is 24.3 Å². The highest BCUT2D eigenvalue weighted by atomic mass is 32.2. The molecular weight excluding hydrogens is 354 g/mol. The van der Waals surface area contributed by atoms with Crippen LogP contribution in [0.15, 0.2) is 39.6 Å². The van der Waals surface area contributed by atoms with Gasteiger partial charge < -0.3 is 4.74 Å². The Bertz CT molecular complexity index is 905. The number of aromatic nitrogens is 3. The average Bonchev–Trinajstić information content (AvgIpc) is 3.10. The fraction of sp³-hybridized carbons (Fsp3) is 0.389. The number of thiazole rings is 1. The molecule has 0 N–H and O–H groups in total. The molecule has 0 aliphatic heterocycles. The quantitative estimate of drug-likeness (QED) is 0.341. The van der Waals surface area contributed by atoms with E-state index < -0.39 is 0 Å². The smallest absolute Gasteiger partial charge is 0.262 e. The van der Waals surface area contributed by atoms with Gasteiger partial charge in [0, 0.05) is 31.4 Å². The summed E-state index contributed by atoms with van der Waals surface area (Å²) in [5.41, 5.74) is 1.79. The van der Waals surface area contributed by atoms with Gasteiger partial charge in [-0.05, 0) is 25.0 Å². The minimum atomic E-state index is 0.0109. The minimum absolute atomic E-state index is 0.0109. The fourth-order valence-electron chi connectivity index (χ4n) is 2.54. The minimum Gasteiger partial charge on any atom is -0.385 e. The van der Waals surface area contributed by atoms with Crippen LogP contribution in [0.5, 0.6) is 0 Å². The van der Waals surface area contributed by atoms with Gasteiger partial charge in [-0.2, -0.15) is 0 Å². The highest BCUT2D eigenvalue weighted by molar-refractivity contribution is 7.98. The van der Waals surface area contributed by atoms with Crippen molar-refractivity contribution in [3.8, 4) is 0 Å². The summed E-state index contributed by atoms with van der Waals surface area (Å²) < 4.78 is 6.89. The van der Waals surface area contributed by atoms with E-state index in [0.717, 1.165) is 34.2 Å². The first kappa shape index (κ1) is 18.1. The number of fused-ring (bicyclic) bond motifs is 1. The van der Waals surface area contributed by atoms with E-state index in [1.807, 2.05) is 24.3 Å². The van der Waals surface area contributed by atoms with E-state index in [9.17, 15) is 4.79 Å². The summed E-state index contributed by atoms with van der Waals surface area (Å²) in [7, 11) is 1.67. The molecule has 5 nitrogen and oxygen atoms in total. The molecule has 0 bridgehead atoms. The lowest BCUT2D eigenvalue weighted by molar-refractivity contribution is 0.189. The van der Waals surface area contributed by atoms with Gasteiger partial charge in [-0.1, -0.05) is 30.8 Å². The first-order valence-corrected chi connectivity index (χ1v) is 10.1. The normalized spacial score (nSPS) is 11.3. The van der Waals surface area contributed by atoms with E-state index in [-0.39, 0.29) is 5.56 Å². The molecule has 0 saturated carbocycles. The van der Waals surface area contributed by atoms with Crippen LogP contribution in [-0.2, 0) is 23.5 Å². The fourth-order valence-corrected chi connectivity index (χ4v) is 4.31. The van der Waals surface area contributed by atoms with Crippen molar-refractivity contribution in [2.45, 2.75) is 37.2 Å². The van der Waals surface area contributed by atoms with Gasteiger partial charge in [0.1, 0.15) is 0 Å². The lowest BCUT2D eigenvalue weighted by Gasteiger charge is -2.12. The zero-order valence-electron chi connectivity index (χ0n) is 14.4. The molecule has 0 aliphatic carbocycles. The van der Waals surface area contributed by atoms with Gasteiger partial charge in [-0.25, -0.2) is 9.97 Å². The SMILES string of the molecule is CCc1nc(CSc2nc3ccccc3c(=O)n2CCCOC)cs1. The predicted molar refractivity (Wildman–Crippen MR) is 104 cm³/mol. The summed E-state index contributed by atoms with van der Waals surface area (Å²) in [6.45, 7) is 3.33. The van der Waals surface area contributed by atoms with Crippen molar-refractivity contribution in [3.63, 3.8) is 0 Å². The molecule has 0 aliphatic rings. The van der Waals surface area contributed by atoms with Crippen LogP contribution in [0.3, 0.4) is 0 Å². The Labute approximate surface area is 155 Å². The lowest BCUT2D eigenvalue weighted by atomic mass is 10.2. The molecule has 1 aromatic carbocycles. The van der Waals surface area contributed by atoms with Crippen LogP contribution < -0.4 is 5.56 Å². The zero-order valence-corrected chi connectivity index (χ0v) is 16.0. The van der Waals surface area contributed by atoms with Crippen molar-refractivity contribution in [3.05, 3.63) is 50.7 Å². The van der Waals surface area contributed by atoms with Crippen LogP contribution in [0.25, 0.3) is 10.9 Å². The number of thioether (sulfide) groups is 1. The zero-order chi connectivity index (χ0) is 17.6. The van der Waals surface area contributed by atoms with Crippen LogP contribution in [0.1, 0.15) is 24.0 Å². The maximum atomic E-state index is 12.9. The van der Waals surface area contributed by atoms with Crippen LogP contribution in [0, 0.1) is 0 Å². The average molecular weight is 376 g/mol. The summed E-state index contributed by atoms with van der Waals surface area (Å²) in [5, 5.41) is 4.62. The van der Waals surface area contributed by atoms with Gasteiger partial charge in [0.15, 0.2) is 5.16 Å². The van der Waals surface area contributed by atoms with Crippen molar-refractivity contribution in [2.24, 2.45) is 0 Å². The highest BCUT2D eigenvalue weighted by Crippen LogP contribution is 2.23. The monoisotopic (exact) mass is 375 g/mol. The summed E-state index contributed by atoms with van der Waals surface area (Å²) in [5.74, 6) is 0.714. The van der Waals surface area contributed by atoms with Gasteiger partial charge in [-0.3, -0.25) is 9.36 Å². The Morgan fingerprint density at radius 3 is 2.88 bits per heavy atom. The molecule has 25 heavy (non-hydrogen) atoms. The number of hydrogen-bond acceptors (Lipinski definition) is 6. The lowest BCUT2D eigenvalue weighted by Crippen LogP contribution is -2.24. The Morgan fingerprint density at radius 2 is 2.12 bits per heavy atom. The molecule has 3 rings (SSSR count). The molecule has 2 heterocycles. The molecule has 0 atom stereocenters. The van der Waals surface area contributed by atoms with Crippen molar-refractivity contribution in [1.29, 1.82) is 0 Å². The topological polar surface area (TPSA) is 57.0 Å². The van der Waals surface area contributed by atoms with Crippen molar-refractivity contribution < 1.29 is 4.74 Å². The number of rotatable bonds is 8. The van der Waals surface area contributed by atoms with Crippen LogP contribution in [-0.4, -0.2) is 28.3 Å². The third kappa shape index (κ3) is 4.29. The summed E-state index contributed by atoms with van der Waals surface area (Å²) >= 11 is 3.25. The van der Waals surface area contributed by atoms with Crippen LogP contribution in [0.4, 0.5) is 0 Å². The molecular formula is C18H21N3O2S2. The third-order valence-electron chi connectivity index (χ3n) is 3.81. The number of hydrogen-bond donors (Lipinski definition) is 0. The number of aryl methyl sites for hydroxylation is 1. The number of nitrogens with zero attached hydrogens (tertiary/aromatic N) is 3. The van der Waals surface area contributed by atoms with Gasteiger partial charge in [-0.15, -0.1) is 11.3 Å². The standard InChI is InChI=1S/C18H21N3O2S2/c1-3-16-19-13(11-24-16)12-25-18-20-15-8-5-4-7-14(15)17(22)21(18)9-6-10-23-2/h4-5,7-8,11H,3,6,9-10,12H2,1-2H3. The Morgan fingerprint density at radius 1 is 1.28 bits per heavy atom. The second-order valence-corrected chi connectivity index (χ2v) is 7.47. The van der Waals surface area contributed by atoms with Gasteiger partial charge in [0.25, 0.3) is 5.56 Å². The molecule has 0 saturated heterocycles. The van der Waals surface area contributed by atoms with Crippen LogP contribution in [0.2, 0.25) is 0 Å². The Kier molecular flexibility index (Phi) is 6.23. The van der Waals surface area contributed by atoms with E-state index >= 15 is 0 Å². The second kappa shape index (κ2) is 8.60. The largest absolute Gasteiger partial charge is 0.385 e. The van der Waals surface area contributed by atoms with Gasteiger partial charge in [0.2, 0.25) is 0 Å². The van der Waals surface area contributed by atoms with E-state index in [1.165, 1.54) is 0 Å². The molecule has 0 unspecified atom stereocenters. The molecule has 0 radical (unpaired) electrons. The summed E-state index contributed by atoms with van der Waals surface area (Å²) in [4.78, 5) is 22.2. The van der Waals surface area contributed by atoms with Crippen LogP contribution >= 0.6 is 23.1 Å².